The maximum Gasteiger partial charge on any atom is 0.263 e. The van der Waals surface area contributed by atoms with Gasteiger partial charge < -0.3 is 0 Å². The first-order valence-corrected chi connectivity index (χ1v) is 9.15. The average Bonchev–Trinajstić information content (AvgIpc) is 3.08. The Morgan fingerprint density at radius 3 is 2.48 bits per heavy atom. The summed E-state index contributed by atoms with van der Waals surface area (Å²) in [6, 6.07) is 7.98. The number of aromatic nitrogens is 2. The van der Waals surface area contributed by atoms with Crippen LogP contribution in [0.2, 0.25) is 5.02 Å². The van der Waals surface area contributed by atoms with Gasteiger partial charge >= 0.3 is 0 Å². The summed E-state index contributed by atoms with van der Waals surface area (Å²) in [5, 5.41) is 9.85. The molecule has 2 aromatic rings. The largest absolute Gasteiger partial charge is 0.263 e. The van der Waals surface area contributed by atoms with Gasteiger partial charge in [0.1, 0.15) is 0 Å². The van der Waals surface area contributed by atoms with E-state index in [1.54, 1.807) is 24.3 Å². The maximum absolute atomic E-state index is 13.4. The topological polar surface area (TPSA) is 78.0 Å². The summed E-state index contributed by atoms with van der Waals surface area (Å²) < 4.78 is 52.8. The Bertz CT molecular complexity index is 938. The zero-order valence-electron chi connectivity index (χ0n) is 12.8. The van der Waals surface area contributed by atoms with Crippen molar-refractivity contribution in [3.8, 4) is 0 Å². The van der Waals surface area contributed by atoms with E-state index in [2.05, 4.69) is 5.10 Å². The molecule has 0 radical (unpaired) electrons. The molecule has 0 amide bonds. The van der Waals surface area contributed by atoms with E-state index >= 15 is 0 Å². The molecule has 1 aromatic heterocycles. The third-order valence-electron chi connectivity index (χ3n) is 4.03. The highest BCUT2D eigenvalue weighted by Gasteiger charge is 2.46. The summed E-state index contributed by atoms with van der Waals surface area (Å²) in [5.41, 5.74) is 0.551. The van der Waals surface area contributed by atoms with E-state index in [9.17, 15) is 17.2 Å². The molecule has 0 saturated heterocycles. The van der Waals surface area contributed by atoms with Gasteiger partial charge in [0.2, 0.25) is 10.0 Å². The van der Waals surface area contributed by atoms with Crippen LogP contribution in [-0.2, 0) is 14.9 Å². The molecule has 0 bridgehead atoms. The van der Waals surface area contributed by atoms with Crippen molar-refractivity contribution in [3.05, 3.63) is 71.0 Å². The highest BCUT2D eigenvalue weighted by Crippen LogP contribution is 2.41. The third kappa shape index (κ3) is 3.24. The molecule has 25 heavy (non-hydrogen) atoms. The Hall–Kier alpha value is -2.03. The van der Waals surface area contributed by atoms with Gasteiger partial charge in [-0.3, -0.25) is 0 Å². The van der Waals surface area contributed by atoms with E-state index in [-0.39, 0.29) is 6.42 Å². The van der Waals surface area contributed by atoms with Crippen LogP contribution in [0.4, 0.5) is 8.78 Å². The molecule has 1 aliphatic rings. The molecule has 1 aliphatic carbocycles. The first kappa shape index (κ1) is 17.8. The second kappa shape index (κ2) is 6.36. The number of allylic oxidation sites excluding steroid dienone is 3. The van der Waals surface area contributed by atoms with E-state index in [1.165, 1.54) is 24.5 Å². The highest BCUT2D eigenvalue weighted by molar-refractivity contribution is 7.90. The Kier molecular flexibility index (Phi) is 4.52. The number of primary sulfonamides is 1. The molecule has 0 saturated carbocycles. The second-order valence-corrected chi connectivity index (χ2v) is 7.87. The summed E-state index contributed by atoms with van der Waals surface area (Å²) in [6.45, 7) is 0. The molecule has 3 rings (SSSR count). The Balaban J connectivity index is 2.21. The van der Waals surface area contributed by atoms with Crippen LogP contribution in [0.15, 0.2) is 60.5 Å². The van der Waals surface area contributed by atoms with Crippen LogP contribution >= 0.6 is 11.6 Å². The van der Waals surface area contributed by atoms with Gasteiger partial charge in [-0.2, -0.15) is 5.10 Å². The van der Waals surface area contributed by atoms with Crippen molar-refractivity contribution >= 4 is 27.2 Å². The Morgan fingerprint density at radius 2 is 1.96 bits per heavy atom. The SMILES string of the molecule is NS(=O)(=O)C1(n2cccn2)C=C(C(F)F)C=C(c2ccc(Cl)cc2)C1. The number of sulfonamides is 1. The number of benzene rings is 1. The normalized spacial score (nSPS) is 21.2. The first-order valence-electron chi connectivity index (χ1n) is 7.23. The standard InChI is InChI=1S/C16H14ClF2N3O2S/c17-14-4-2-11(3-5-14)12-8-13(15(18)19)10-16(9-12,25(20,23)24)22-7-1-6-21-22/h1-8,10,15H,9H2,(H2,20,23,24). The molecule has 1 aromatic carbocycles. The van der Waals surface area contributed by atoms with Gasteiger partial charge in [-0.15, -0.1) is 0 Å². The average molecular weight is 386 g/mol. The maximum atomic E-state index is 13.4. The number of hydrogen-bond acceptors (Lipinski definition) is 3. The molecular formula is C16H14ClF2N3O2S. The fraction of sp³-hybridized carbons (Fsp3) is 0.188. The molecule has 9 heteroatoms. The molecule has 132 valence electrons. The van der Waals surface area contributed by atoms with Crippen LogP contribution in [0, 0.1) is 0 Å². The molecule has 0 fully saturated rings. The third-order valence-corrected chi connectivity index (χ3v) is 5.72. The van der Waals surface area contributed by atoms with E-state index in [0.717, 1.165) is 10.8 Å². The van der Waals surface area contributed by atoms with Crippen LogP contribution in [-0.4, -0.2) is 24.6 Å². The lowest BCUT2D eigenvalue weighted by atomic mass is 9.90. The minimum atomic E-state index is -4.30. The Labute approximate surface area is 148 Å². The number of hydrogen-bond donors (Lipinski definition) is 1. The van der Waals surface area contributed by atoms with Crippen molar-refractivity contribution in [1.82, 2.24) is 9.78 Å². The molecule has 1 atom stereocenters. The minimum absolute atomic E-state index is 0.134. The second-order valence-electron chi connectivity index (χ2n) is 5.64. The van der Waals surface area contributed by atoms with Crippen molar-refractivity contribution in [2.24, 2.45) is 5.14 Å². The lowest BCUT2D eigenvalue weighted by molar-refractivity contribution is 0.192. The predicted molar refractivity (Wildman–Crippen MR) is 91.4 cm³/mol. The van der Waals surface area contributed by atoms with E-state index in [4.69, 9.17) is 16.7 Å². The van der Waals surface area contributed by atoms with Gasteiger partial charge in [-0.1, -0.05) is 23.7 Å². The van der Waals surface area contributed by atoms with Crippen molar-refractivity contribution < 1.29 is 17.2 Å². The summed E-state index contributed by atoms with van der Waals surface area (Å²) in [4.78, 5) is -1.92. The number of alkyl halides is 2. The molecule has 1 unspecified atom stereocenters. The Morgan fingerprint density at radius 1 is 1.28 bits per heavy atom. The highest BCUT2D eigenvalue weighted by atomic mass is 35.5. The summed E-state index contributed by atoms with van der Waals surface area (Å²) in [5.74, 6) is 0. The fourth-order valence-corrected chi connectivity index (χ4v) is 3.96. The van der Waals surface area contributed by atoms with E-state index < -0.39 is 26.9 Å². The lowest BCUT2D eigenvalue weighted by Gasteiger charge is -2.33. The van der Waals surface area contributed by atoms with Crippen LogP contribution in [0.3, 0.4) is 0 Å². The molecular weight excluding hydrogens is 372 g/mol. The van der Waals surface area contributed by atoms with Crippen molar-refractivity contribution in [1.29, 1.82) is 0 Å². The van der Waals surface area contributed by atoms with Gasteiger partial charge in [-0.25, -0.2) is 27.0 Å². The minimum Gasteiger partial charge on any atom is -0.246 e. The van der Waals surface area contributed by atoms with Gasteiger partial charge in [0.25, 0.3) is 6.43 Å². The summed E-state index contributed by atoms with van der Waals surface area (Å²) in [6.07, 6.45) is 2.00. The van der Waals surface area contributed by atoms with Crippen molar-refractivity contribution in [2.75, 3.05) is 0 Å². The van der Waals surface area contributed by atoms with Crippen LogP contribution in [0.25, 0.3) is 5.57 Å². The first-order chi connectivity index (χ1) is 11.7. The number of nitrogens with zero attached hydrogens (tertiary/aromatic N) is 2. The molecule has 5 nitrogen and oxygen atoms in total. The zero-order valence-corrected chi connectivity index (χ0v) is 14.4. The number of rotatable bonds is 4. The van der Waals surface area contributed by atoms with Gasteiger partial charge in [0, 0.05) is 29.4 Å². The number of nitrogens with two attached hydrogens (primary N) is 1. The predicted octanol–water partition coefficient (Wildman–Crippen LogP) is 3.16. The van der Waals surface area contributed by atoms with E-state index in [0.29, 0.717) is 16.2 Å². The molecule has 0 spiro atoms. The smallest absolute Gasteiger partial charge is 0.246 e. The summed E-state index contributed by atoms with van der Waals surface area (Å²) in [7, 11) is -4.30. The molecule has 2 N–H and O–H groups in total. The monoisotopic (exact) mass is 385 g/mol. The van der Waals surface area contributed by atoms with Gasteiger partial charge in [-0.05, 0) is 41.5 Å². The quantitative estimate of drug-likeness (QED) is 0.878. The van der Waals surface area contributed by atoms with Crippen LogP contribution < -0.4 is 5.14 Å². The van der Waals surface area contributed by atoms with E-state index in [1.807, 2.05) is 0 Å². The zero-order chi connectivity index (χ0) is 18.2. The van der Waals surface area contributed by atoms with Gasteiger partial charge in [0.05, 0.1) is 0 Å². The molecule has 0 aliphatic heterocycles. The molecule has 1 heterocycles. The fourth-order valence-electron chi connectivity index (χ4n) is 2.81. The lowest BCUT2D eigenvalue weighted by Crippen LogP contribution is -2.46. The van der Waals surface area contributed by atoms with Gasteiger partial charge in [0.15, 0.2) is 4.87 Å². The van der Waals surface area contributed by atoms with Crippen LogP contribution in [0.1, 0.15) is 12.0 Å². The number of halogens is 3. The van der Waals surface area contributed by atoms with Crippen molar-refractivity contribution in [3.63, 3.8) is 0 Å². The van der Waals surface area contributed by atoms with Crippen molar-refractivity contribution in [2.45, 2.75) is 17.7 Å². The van der Waals surface area contributed by atoms with Crippen LogP contribution in [0.5, 0.6) is 0 Å². The summed E-state index contributed by atoms with van der Waals surface area (Å²) >= 11 is 5.86.